The Balaban J connectivity index is 1.57. The highest BCUT2D eigenvalue weighted by Gasteiger charge is 2.45. The highest BCUT2D eigenvalue weighted by Crippen LogP contribution is 2.40. The minimum atomic E-state index is -2.88. The highest BCUT2D eigenvalue weighted by atomic mass is 19.3. The lowest BCUT2D eigenvalue weighted by Gasteiger charge is -2.38. The standard InChI is InChI=1S/C22H29F2N3O3/c1-14(2)19(28)10-12-27-11-9-17(22(23,24)13-27)15-3-5-16(6-4-15)25-18-7-8-20(29)26-21(18)30/h3-6,14,17-18,25H,7-13H2,1-2H3,(H,26,29,30). The minimum absolute atomic E-state index is 0.0738. The number of nitrogens with one attached hydrogen (secondary N) is 2. The van der Waals surface area contributed by atoms with Gasteiger partial charge in [-0.05, 0) is 37.1 Å². The van der Waals surface area contributed by atoms with Crippen LogP contribution in [0.2, 0.25) is 0 Å². The fraction of sp³-hybridized carbons (Fsp3) is 0.591. The summed E-state index contributed by atoms with van der Waals surface area (Å²) in [6, 6.07) is 6.23. The molecule has 2 unspecified atom stereocenters. The largest absolute Gasteiger partial charge is 0.374 e. The predicted octanol–water partition coefficient (Wildman–Crippen LogP) is 2.94. The molecule has 164 valence electrons. The number of ketones is 1. The van der Waals surface area contributed by atoms with Crippen molar-refractivity contribution in [2.24, 2.45) is 5.92 Å². The first-order chi connectivity index (χ1) is 14.2. The number of nitrogens with zero attached hydrogens (tertiary/aromatic N) is 1. The Morgan fingerprint density at radius 3 is 2.53 bits per heavy atom. The van der Waals surface area contributed by atoms with Crippen LogP contribution in [0.25, 0.3) is 0 Å². The van der Waals surface area contributed by atoms with Crippen molar-refractivity contribution >= 4 is 23.3 Å². The number of carbonyl (C=O) groups excluding carboxylic acids is 3. The molecule has 2 amide bonds. The molecule has 0 saturated carbocycles. The zero-order valence-electron chi connectivity index (χ0n) is 17.4. The van der Waals surface area contributed by atoms with Gasteiger partial charge in [0, 0.05) is 31.0 Å². The van der Waals surface area contributed by atoms with Gasteiger partial charge in [-0.15, -0.1) is 0 Å². The highest BCUT2D eigenvalue weighted by molar-refractivity contribution is 6.01. The molecule has 2 N–H and O–H groups in total. The van der Waals surface area contributed by atoms with E-state index in [1.54, 1.807) is 29.2 Å². The number of piperidine rings is 2. The van der Waals surface area contributed by atoms with Crippen LogP contribution in [0.15, 0.2) is 24.3 Å². The maximum atomic E-state index is 14.8. The Bertz CT molecular complexity index is 795. The molecule has 2 aliphatic heterocycles. The van der Waals surface area contributed by atoms with E-state index in [1.807, 2.05) is 13.8 Å². The van der Waals surface area contributed by atoms with Crippen molar-refractivity contribution in [3.05, 3.63) is 29.8 Å². The van der Waals surface area contributed by atoms with Crippen LogP contribution in [0.5, 0.6) is 0 Å². The van der Waals surface area contributed by atoms with Gasteiger partial charge in [-0.2, -0.15) is 0 Å². The SMILES string of the molecule is CC(C)C(=O)CCN1CCC(c2ccc(NC3CCC(=O)NC3=O)cc2)C(F)(F)C1. The van der Waals surface area contributed by atoms with Crippen molar-refractivity contribution in [3.8, 4) is 0 Å². The molecule has 8 heteroatoms. The molecular formula is C22H29F2N3O3. The van der Waals surface area contributed by atoms with Crippen LogP contribution in [0.1, 0.15) is 51.0 Å². The molecule has 6 nitrogen and oxygen atoms in total. The molecule has 2 fully saturated rings. The van der Waals surface area contributed by atoms with Crippen molar-refractivity contribution < 1.29 is 23.2 Å². The van der Waals surface area contributed by atoms with Crippen molar-refractivity contribution in [2.75, 3.05) is 25.0 Å². The predicted molar refractivity (Wildman–Crippen MR) is 109 cm³/mol. The smallest absolute Gasteiger partial charge is 0.267 e. The van der Waals surface area contributed by atoms with Crippen LogP contribution < -0.4 is 10.6 Å². The Hall–Kier alpha value is -2.35. The Morgan fingerprint density at radius 2 is 1.93 bits per heavy atom. The first-order valence-corrected chi connectivity index (χ1v) is 10.5. The van der Waals surface area contributed by atoms with Gasteiger partial charge in [0.1, 0.15) is 11.8 Å². The van der Waals surface area contributed by atoms with E-state index in [0.29, 0.717) is 43.6 Å². The number of anilines is 1. The van der Waals surface area contributed by atoms with E-state index < -0.39 is 17.9 Å². The van der Waals surface area contributed by atoms with E-state index in [2.05, 4.69) is 10.6 Å². The minimum Gasteiger partial charge on any atom is -0.374 e. The van der Waals surface area contributed by atoms with E-state index in [1.165, 1.54) is 0 Å². The van der Waals surface area contributed by atoms with Crippen LogP contribution in [0, 0.1) is 5.92 Å². The van der Waals surface area contributed by atoms with Gasteiger partial charge in [0.15, 0.2) is 0 Å². The lowest BCUT2D eigenvalue weighted by atomic mass is 9.86. The third kappa shape index (κ3) is 5.41. The van der Waals surface area contributed by atoms with Crippen LogP contribution in [-0.4, -0.2) is 54.1 Å². The van der Waals surface area contributed by atoms with E-state index in [-0.39, 0.29) is 36.5 Å². The van der Waals surface area contributed by atoms with Crippen LogP contribution in [0.4, 0.5) is 14.5 Å². The maximum absolute atomic E-state index is 14.8. The third-order valence-electron chi connectivity index (χ3n) is 5.89. The molecule has 2 aliphatic rings. The van der Waals surface area contributed by atoms with Gasteiger partial charge in [-0.3, -0.25) is 24.6 Å². The summed E-state index contributed by atoms with van der Waals surface area (Å²) in [4.78, 5) is 36.5. The summed E-state index contributed by atoms with van der Waals surface area (Å²) in [5, 5.41) is 5.34. The first-order valence-electron chi connectivity index (χ1n) is 10.5. The average Bonchev–Trinajstić information content (AvgIpc) is 2.68. The molecule has 0 spiro atoms. The number of hydrogen-bond donors (Lipinski definition) is 2. The van der Waals surface area contributed by atoms with E-state index in [0.717, 1.165) is 0 Å². The van der Waals surface area contributed by atoms with Gasteiger partial charge in [0.2, 0.25) is 11.8 Å². The molecule has 1 aromatic rings. The van der Waals surface area contributed by atoms with E-state index >= 15 is 0 Å². The Kier molecular flexibility index (Phi) is 6.85. The van der Waals surface area contributed by atoms with Crippen molar-refractivity contribution in [1.82, 2.24) is 10.2 Å². The molecular weight excluding hydrogens is 392 g/mol. The molecule has 2 saturated heterocycles. The summed E-state index contributed by atoms with van der Waals surface area (Å²) >= 11 is 0. The quantitative estimate of drug-likeness (QED) is 0.662. The second kappa shape index (κ2) is 9.20. The molecule has 0 radical (unpaired) electrons. The van der Waals surface area contributed by atoms with E-state index in [9.17, 15) is 23.2 Å². The van der Waals surface area contributed by atoms with Crippen molar-refractivity contribution in [3.63, 3.8) is 0 Å². The van der Waals surface area contributed by atoms with Gasteiger partial charge in [0.05, 0.1) is 12.5 Å². The summed E-state index contributed by atoms with van der Waals surface area (Å²) in [7, 11) is 0. The molecule has 3 rings (SSSR count). The van der Waals surface area contributed by atoms with Crippen LogP contribution in [-0.2, 0) is 14.4 Å². The van der Waals surface area contributed by atoms with Crippen molar-refractivity contribution in [1.29, 1.82) is 0 Å². The Labute approximate surface area is 175 Å². The summed E-state index contributed by atoms with van der Waals surface area (Å²) in [5.74, 6) is -4.38. The topological polar surface area (TPSA) is 78.5 Å². The number of likely N-dealkylation sites (tertiary alicyclic amines) is 1. The van der Waals surface area contributed by atoms with Crippen LogP contribution in [0.3, 0.4) is 0 Å². The van der Waals surface area contributed by atoms with Gasteiger partial charge < -0.3 is 5.32 Å². The summed E-state index contributed by atoms with van der Waals surface area (Å²) in [5.41, 5.74) is 1.22. The number of halogens is 2. The number of imide groups is 1. The lowest BCUT2D eigenvalue weighted by molar-refractivity contribution is -0.133. The van der Waals surface area contributed by atoms with Gasteiger partial charge >= 0.3 is 0 Å². The first kappa shape index (κ1) is 22.3. The molecule has 0 bridgehead atoms. The van der Waals surface area contributed by atoms with E-state index in [4.69, 9.17) is 0 Å². The number of Topliss-reactive ketones (excluding diaryl/α,β-unsaturated/α-hetero) is 1. The molecule has 2 heterocycles. The van der Waals surface area contributed by atoms with Crippen LogP contribution >= 0.6 is 0 Å². The number of rotatable bonds is 7. The number of alkyl halides is 2. The summed E-state index contributed by atoms with van der Waals surface area (Å²) < 4.78 is 29.6. The zero-order chi connectivity index (χ0) is 21.9. The Morgan fingerprint density at radius 1 is 1.23 bits per heavy atom. The second-order valence-electron chi connectivity index (χ2n) is 8.52. The molecule has 2 atom stereocenters. The summed E-state index contributed by atoms with van der Waals surface area (Å²) in [6.07, 6.45) is 1.30. The average molecular weight is 421 g/mol. The summed E-state index contributed by atoms with van der Waals surface area (Å²) in [6.45, 7) is 4.19. The van der Waals surface area contributed by atoms with Gasteiger partial charge in [-0.25, -0.2) is 8.78 Å². The zero-order valence-corrected chi connectivity index (χ0v) is 17.4. The van der Waals surface area contributed by atoms with Crippen molar-refractivity contribution in [2.45, 2.75) is 57.4 Å². The molecule has 0 aromatic heterocycles. The maximum Gasteiger partial charge on any atom is 0.267 e. The number of carbonyl (C=O) groups is 3. The monoisotopic (exact) mass is 421 g/mol. The normalized spacial score (nSPS) is 24.6. The fourth-order valence-electron chi connectivity index (χ4n) is 4.01. The lowest BCUT2D eigenvalue weighted by Crippen LogP contribution is -2.48. The van der Waals surface area contributed by atoms with Gasteiger partial charge in [0.25, 0.3) is 5.92 Å². The second-order valence-corrected chi connectivity index (χ2v) is 8.52. The molecule has 1 aromatic carbocycles. The molecule has 30 heavy (non-hydrogen) atoms. The third-order valence-corrected chi connectivity index (χ3v) is 5.89. The number of benzene rings is 1. The van der Waals surface area contributed by atoms with Gasteiger partial charge in [-0.1, -0.05) is 26.0 Å². The number of hydrogen-bond acceptors (Lipinski definition) is 5. The fourth-order valence-corrected chi connectivity index (χ4v) is 4.01. The number of amides is 2. The molecule has 0 aliphatic carbocycles.